The summed E-state index contributed by atoms with van der Waals surface area (Å²) in [5.74, 6) is -0.736. The lowest BCUT2D eigenvalue weighted by atomic mass is 10.2. The highest BCUT2D eigenvalue weighted by Crippen LogP contribution is 2.21. The third kappa shape index (κ3) is 3.74. The van der Waals surface area contributed by atoms with Crippen LogP contribution < -0.4 is 5.32 Å². The number of halogens is 2. The molecule has 0 saturated carbocycles. The van der Waals surface area contributed by atoms with Gasteiger partial charge >= 0.3 is 0 Å². The quantitative estimate of drug-likeness (QED) is 0.769. The average molecular weight is 341 g/mol. The third-order valence-corrected chi connectivity index (χ3v) is 3.96. The highest BCUT2D eigenvalue weighted by atomic mass is 19.1. The van der Waals surface area contributed by atoms with E-state index in [0.29, 0.717) is 5.82 Å². The predicted octanol–water partition coefficient (Wildman–Crippen LogP) is 3.71. The monoisotopic (exact) mass is 341 g/mol. The minimum Gasteiger partial charge on any atom is -0.350 e. The van der Waals surface area contributed by atoms with Crippen molar-refractivity contribution in [1.29, 1.82) is 0 Å². The van der Waals surface area contributed by atoms with Gasteiger partial charge in [-0.1, -0.05) is 30.3 Å². The maximum atomic E-state index is 13.6. The van der Waals surface area contributed by atoms with Gasteiger partial charge in [0, 0.05) is 30.1 Å². The molecular weight excluding hydrogens is 324 g/mol. The molecule has 0 bridgehead atoms. The molecule has 3 rings (SSSR count). The number of benzene rings is 2. The van der Waals surface area contributed by atoms with Crippen molar-refractivity contribution in [1.82, 2.24) is 14.9 Å². The van der Waals surface area contributed by atoms with E-state index in [-0.39, 0.29) is 18.0 Å². The first-order valence-corrected chi connectivity index (χ1v) is 7.86. The zero-order valence-electron chi connectivity index (χ0n) is 13.6. The maximum Gasteiger partial charge on any atom is 0.243 e. The third-order valence-electron chi connectivity index (χ3n) is 3.96. The minimum absolute atomic E-state index is 0.0812. The molecule has 0 aliphatic rings. The lowest BCUT2D eigenvalue weighted by Gasteiger charge is -2.16. The normalized spacial score (nSPS) is 12.0. The molecule has 1 amide bonds. The first-order chi connectivity index (χ1) is 12.1. The van der Waals surface area contributed by atoms with E-state index in [4.69, 9.17) is 0 Å². The van der Waals surface area contributed by atoms with Gasteiger partial charge < -0.3 is 9.88 Å². The molecule has 0 unspecified atom stereocenters. The summed E-state index contributed by atoms with van der Waals surface area (Å²) in [4.78, 5) is 16.7. The molecule has 4 nitrogen and oxygen atoms in total. The largest absolute Gasteiger partial charge is 0.350 e. The smallest absolute Gasteiger partial charge is 0.243 e. The number of nitrogens with one attached hydrogen (secondary N) is 1. The van der Waals surface area contributed by atoms with Crippen LogP contribution in [0.25, 0.3) is 11.4 Å². The summed E-state index contributed by atoms with van der Waals surface area (Å²) >= 11 is 0. The van der Waals surface area contributed by atoms with Gasteiger partial charge in [0.05, 0.1) is 0 Å². The number of amides is 1. The molecule has 0 aliphatic heterocycles. The Balaban J connectivity index is 1.73. The van der Waals surface area contributed by atoms with Crippen LogP contribution in [-0.2, 0) is 11.3 Å². The second-order valence-corrected chi connectivity index (χ2v) is 5.65. The molecule has 0 aliphatic carbocycles. The Morgan fingerprint density at radius 1 is 1.20 bits per heavy atom. The zero-order valence-corrected chi connectivity index (χ0v) is 13.6. The van der Waals surface area contributed by atoms with Crippen molar-refractivity contribution in [2.24, 2.45) is 0 Å². The number of hydrogen-bond acceptors (Lipinski definition) is 2. The molecule has 0 saturated heterocycles. The van der Waals surface area contributed by atoms with E-state index in [9.17, 15) is 13.6 Å². The fourth-order valence-electron chi connectivity index (χ4n) is 2.57. The van der Waals surface area contributed by atoms with E-state index in [0.717, 1.165) is 23.8 Å². The molecule has 1 heterocycles. The lowest BCUT2D eigenvalue weighted by molar-refractivity contribution is -0.124. The molecule has 128 valence electrons. The van der Waals surface area contributed by atoms with Gasteiger partial charge in [0.15, 0.2) is 0 Å². The van der Waals surface area contributed by atoms with Crippen molar-refractivity contribution < 1.29 is 13.6 Å². The molecule has 0 radical (unpaired) electrons. The second-order valence-electron chi connectivity index (χ2n) is 5.65. The SMILES string of the molecule is C[C@H](C(=O)NCc1cc(F)ccc1F)n1ccnc1-c1ccccc1. The fraction of sp³-hybridized carbons (Fsp3) is 0.158. The maximum absolute atomic E-state index is 13.6. The van der Waals surface area contributed by atoms with Crippen molar-refractivity contribution in [2.45, 2.75) is 19.5 Å². The predicted molar refractivity (Wildman–Crippen MR) is 90.6 cm³/mol. The van der Waals surface area contributed by atoms with Crippen LogP contribution in [-0.4, -0.2) is 15.5 Å². The summed E-state index contributed by atoms with van der Waals surface area (Å²) < 4.78 is 28.6. The number of aromatic nitrogens is 2. The van der Waals surface area contributed by atoms with Crippen LogP contribution in [0.1, 0.15) is 18.5 Å². The molecule has 0 spiro atoms. The number of hydrogen-bond donors (Lipinski definition) is 1. The Kier molecular flexibility index (Phi) is 4.88. The lowest BCUT2D eigenvalue weighted by Crippen LogP contribution is -2.31. The molecule has 6 heteroatoms. The molecule has 0 fully saturated rings. The average Bonchev–Trinajstić information content (AvgIpc) is 3.12. The first kappa shape index (κ1) is 16.8. The summed E-state index contributed by atoms with van der Waals surface area (Å²) in [6.45, 7) is 1.65. The Morgan fingerprint density at radius 2 is 1.96 bits per heavy atom. The van der Waals surface area contributed by atoms with Crippen LogP contribution in [0.15, 0.2) is 60.9 Å². The Labute approximate surface area is 144 Å². The van der Waals surface area contributed by atoms with Gasteiger partial charge in [0.25, 0.3) is 0 Å². The van der Waals surface area contributed by atoms with Crippen LogP contribution in [0.2, 0.25) is 0 Å². The van der Waals surface area contributed by atoms with Gasteiger partial charge in [-0.05, 0) is 25.1 Å². The number of nitrogens with zero attached hydrogens (tertiary/aromatic N) is 2. The topological polar surface area (TPSA) is 46.9 Å². The van der Waals surface area contributed by atoms with E-state index in [1.165, 1.54) is 0 Å². The van der Waals surface area contributed by atoms with Crippen molar-refractivity contribution in [2.75, 3.05) is 0 Å². The van der Waals surface area contributed by atoms with Gasteiger partial charge in [-0.25, -0.2) is 13.8 Å². The van der Waals surface area contributed by atoms with Crippen LogP contribution >= 0.6 is 0 Å². The van der Waals surface area contributed by atoms with E-state index in [1.54, 1.807) is 23.9 Å². The molecule has 1 atom stereocenters. The summed E-state index contributed by atoms with van der Waals surface area (Å²) in [6.07, 6.45) is 3.34. The minimum atomic E-state index is -0.554. The van der Waals surface area contributed by atoms with Gasteiger partial charge in [-0.2, -0.15) is 0 Å². The van der Waals surface area contributed by atoms with Crippen LogP contribution in [0.3, 0.4) is 0 Å². The molecule has 25 heavy (non-hydrogen) atoms. The van der Waals surface area contributed by atoms with Crippen molar-refractivity contribution in [3.63, 3.8) is 0 Å². The summed E-state index contributed by atoms with van der Waals surface area (Å²) in [5.41, 5.74) is 0.998. The van der Waals surface area contributed by atoms with Gasteiger partial charge in [-0.3, -0.25) is 4.79 Å². The van der Waals surface area contributed by atoms with E-state index < -0.39 is 17.7 Å². The van der Waals surface area contributed by atoms with Crippen LogP contribution in [0.4, 0.5) is 8.78 Å². The Hall–Kier alpha value is -3.02. The molecule has 3 aromatic rings. The highest BCUT2D eigenvalue weighted by molar-refractivity contribution is 5.80. The second kappa shape index (κ2) is 7.25. The molecule has 2 aromatic carbocycles. The van der Waals surface area contributed by atoms with Crippen molar-refractivity contribution in [3.05, 3.63) is 78.1 Å². The van der Waals surface area contributed by atoms with E-state index >= 15 is 0 Å². The van der Waals surface area contributed by atoms with E-state index in [1.807, 2.05) is 30.3 Å². The standard InChI is InChI=1S/C19H17F2N3O/c1-13(19(25)23-12-15-11-16(20)7-8-17(15)21)24-10-9-22-18(24)14-5-3-2-4-6-14/h2-11,13H,12H2,1H3,(H,23,25)/t13-/m1/s1. The Bertz CT molecular complexity index is 877. The van der Waals surface area contributed by atoms with Crippen molar-refractivity contribution >= 4 is 5.91 Å². The van der Waals surface area contributed by atoms with Gasteiger partial charge in [0.2, 0.25) is 5.91 Å². The summed E-state index contributed by atoms with van der Waals surface area (Å²) in [6, 6.07) is 12.1. The first-order valence-electron chi connectivity index (χ1n) is 7.86. The molecule has 1 N–H and O–H groups in total. The zero-order chi connectivity index (χ0) is 17.8. The molecule has 1 aromatic heterocycles. The Morgan fingerprint density at radius 3 is 2.72 bits per heavy atom. The number of carbonyl (C=O) groups excluding carboxylic acids is 1. The fourth-order valence-corrected chi connectivity index (χ4v) is 2.57. The number of rotatable bonds is 5. The van der Waals surface area contributed by atoms with Crippen LogP contribution in [0.5, 0.6) is 0 Å². The van der Waals surface area contributed by atoms with Gasteiger partial charge in [-0.15, -0.1) is 0 Å². The highest BCUT2D eigenvalue weighted by Gasteiger charge is 2.18. The number of imidazole rings is 1. The molecular formula is C19H17F2N3O. The summed E-state index contributed by atoms with van der Waals surface area (Å²) in [5, 5.41) is 2.64. The van der Waals surface area contributed by atoms with Gasteiger partial charge in [0.1, 0.15) is 23.5 Å². The summed E-state index contributed by atoms with van der Waals surface area (Å²) in [7, 11) is 0. The number of carbonyl (C=O) groups is 1. The van der Waals surface area contributed by atoms with E-state index in [2.05, 4.69) is 10.3 Å². The van der Waals surface area contributed by atoms with Crippen molar-refractivity contribution in [3.8, 4) is 11.4 Å². The van der Waals surface area contributed by atoms with Crippen LogP contribution in [0, 0.1) is 11.6 Å².